The lowest BCUT2D eigenvalue weighted by molar-refractivity contribution is -0.630. The van der Waals surface area contributed by atoms with Crippen LogP contribution in [-0.4, -0.2) is 0 Å². The molecule has 0 amide bonds. The van der Waals surface area contributed by atoms with Gasteiger partial charge in [-0.1, -0.05) is 53.7 Å². The fraction of sp³-hybridized carbons (Fsp3) is 0.600. The summed E-state index contributed by atoms with van der Waals surface area (Å²) < 4.78 is 4.08. The Bertz CT molecular complexity index is 368. The highest BCUT2D eigenvalue weighted by Gasteiger charge is 2.17. The highest BCUT2D eigenvalue weighted by molar-refractivity contribution is 7.94. The minimum absolute atomic E-state index is 0.388. The molecular formula is C15H23O2S-. The second-order valence-electron chi connectivity index (χ2n) is 5.64. The van der Waals surface area contributed by atoms with Crippen LogP contribution in [-0.2, 0) is 4.33 Å². The molecule has 1 rings (SSSR count). The molecule has 18 heavy (non-hydrogen) atoms. The van der Waals surface area contributed by atoms with Gasteiger partial charge in [-0.2, -0.15) is 0 Å². The summed E-state index contributed by atoms with van der Waals surface area (Å²) in [6, 6.07) is 4.42. The summed E-state index contributed by atoms with van der Waals surface area (Å²) in [4.78, 5) is 0.999. The number of rotatable bonds is 5. The van der Waals surface area contributed by atoms with Crippen molar-refractivity contribution in [1.29, 1.82) is 0 Å². The maximum absolute atomic E-state index is 10.5. The van der Waals surface area contributed by atoms with E-state index in [1.165, 1.54) is 16.7 Å². The Morgan fingerprint density at radius 2 is 1.33 bits per heavy atom. The van der Waals surface area contributed by atoms with Gasteiger partial charge in [-0.15, -0.1) is 0 Å². The van der Waals surface area contributed by atoms with E-state index < -0.39 is 0 Å². The minimum Gasteiger partial charge on any atom is -0.710 e. The fourth-order valence-corrected chi connectivity index (χ4v) is 2.87. The van der Waals surface area contributed by atoms with Crippen LogP contribution in [0, 0.1) is 0 Å². The topological polar surface area (TPSA) is 32.3 Å². The first-order valence-electron chi connectivity index (χ1n) is 6.52. The number of hydrogen-bond donors (Lipinski definition) is 0. The average Bonchev–Trinajstić information content (AvgIpc) is 2.28. The molecule has 0 saturated carbocycles. The van der Waals surface area contributed by atoms with Crippen molar-refractivity contribution in [2.75, 3.05) is 0 Å². The first kappa shape index (κ1) is 15.5. The lowest BCUT2D eigenvalue weighted by Gasteiger charge is -2.22. The molecule has 0 bridgehead atoms. The SMILES string of the molecule is CC(C)c1cc(C(C)C)c(SO[O-])c(C(C)C)c1. The van der Waals surface area contributed by atoms with Crippen LogP contribution < -0.4 is 5.26 Å². The molecule has 0 aliphatic heterocycles. The summed E-state index contributed by atoms with van der Waals surface area (Å²) in [5.41, 5.74) is 3.76. The van der Waals surface area contributed by atoms with Gasteiger partial charge in [0, 0.05) is 16.9 Å². The van der Waals surface area contributed by atoms with E-state index >= 15 is 0 Å². The van der Waals surface area contributed by atoms with Gasteiger partial charge in [0.1, 0.15) is 0 Å². The highest BCUT2D eigenvalue weighted by atomic mass is 32.2. The molecule has 0 radical (unpaired) electrons. The van der Waals surface area contributed by atoms with Crippen molar-refractivity contribution >= 4 is 12.0 Å². The molecule has 0 atom stereocenters. The summed E-state index contributed by atoms with van der Waals surface area (Å²) in [6.07, 6.45) is 0. The Kier molecular flexibility index (Phi) is 5.70. The van der Waals surface area contributed by atoms with Gasteiger partial charge >= 0.3 is 0 Å². The van der Waals surface area contributed by atoms with Crippen LogP contribution in [0.3, 0.4) is 0 Å². The van der Waals surface area contributed by atoms with Crippen molar-refractivity contribution in [3.8, 4) is 0 Å². The fourth-order valence-electron chi connectivity index (χ4n) is 2.02. The summed E-state index contributed by atoms with van der Waals surface area (Å²) in [5, 5.41) is 10.5. The monoisotopic (exact) mass is 267 g/mol. The number of hydrogen-bond acceptors (Lipinski definition) is 3. The smallest absolute Gasteiger partial charge is 0.0415 e. The van der Waals surface area contributed by atoms with Crippen molar-refractivity contribution in [2.24, 2.45) is 0 Å². The van der Waals surface area contributed by atoms with Crippen molar-refractivity contribution in [2.45, 2.75) is 64.2 Å². The van der Waals surface area contributed by atoms with Crippen LogP contribution in [0.4, 0.5) is 0 Å². The third-order valence-electron chi connectivity index (χ3n) is 3.20. The van der Waals surface area contributed by atoms with E-state index in [2.05, 4.69) is 58.0 Å². The predicted octanol–water partition coefficient (Wildman–Crippen LogP) is 4.36. The molecule has 0 saturated heterocycles. The van der Waals surface area contributed by atoms with E-state index in [1.807, 2.05) is 0 Å². The quantitative estimate of drug-likeness (QED) is 0.451. The summed E-state index contributed by atoms with van der Waals surface area (Å²) in [6.45, 7) is 13.0. The Labute approximate surface area is 115 Å². The normalized spacial score (nSPS) is 11.9. The van der Waals surface area contributed by atoms with Gasteiger partial charge < -0.3 is 9.59 Å². The third-order valence-corrected chi connectivity index (χ3v) is 3.90. The Morgan fingerprint density at radius 1 is 0.889 bits per heavy atom. The van der Waals surface area contributed by atoms with Crippen LogP contribution in [0.1, 0.15) is 76.0 Å². The average molecular weight is 267 g/mol. The molecule has 0 heterocycles. The van der Waals surface area contributed by atoms with E-state index in [4.69, 9.17) is 0 Å². The Morgan fingerprint density at radius 3 is 1.61 bits per heavy atom. The second-order valence-corrected chi connectivity index (χ2v) is 6.35. The molecular weight excluding hydrogens is 244 g/mol. The minimum atomic E-state index is 0.388. The molecule has 0 fully saturated rings. The summed E-state index contributed by atoms with van der Waals surface area (Å²) in [5.74, 6) is 1.27. The van der Waals surface area contributed by atoms with E-state index in [0.717, 1.165) is 16.9 Å². The van der Waals surface area contributed by atoms with Gasteiger partial charge in [0.05, 0.1) is 0 Å². The van der Waals surface area contributed by atoms with Crippen LogP contribution in [0.2, 0.25) is 0 Å². The Hall–Kier alpha value is -0.510. The molecule has 3 heteroatoms. The number of benzene rings is 1. The first-order valence-corrected chi connectivity index (χ1v) is 7.26. The molecule has 0 aromatic heterocycles. The molecule has 2 nitrogen and oxygen atoms in total. The summed E-state index contributed by atoms with van der Waals surface area (Å²) in [7, 11) is 0. The highest BCUT2D eigenvalue weighted by Crippen LogP contribution is 2.37. The zero-order valence-corrected chi connectivity index (χ0v) is 12.9. The lowest BCUT2D eigenvalue weighted by Crippen LogP contribution is -2.05. The largest absolute Gasteiger partial charge is 0.710 e. The van der Waals surface area contributed by atoms with Gasteiger partial charge in [-0.05, 0) is 34.4 Å². The van der Waals surface area contributed by atoms with Crippen molar-refractivity contribution in [3.05, 3.63) is 28.8 Å². The standard InChI is InChI=1S/C15H24O2S/c1-9(2)12-7-13(10(3)4)15(18-17-16)14(8-12)11(5)6/h7-11,16H,1-6H3/p-1. The van der Waals surface area contributed by atoms with Crippen LogP contribution in [0.15, 0.2) is 17.0 Å². The molecule has 0 unspecified atom stereocenters. The van der Waals surface area contributed by atoms with Gasteiger partial charge in [0.15, 0.2) is 0 Å². The zero-order valence-electron chi connectivity index (χ0n) is 12.1. The maximum atomic E-state index is 10.5. The molecule has 0 aliphatic rings. The van der Waals surface area contributed by atoms with E-state index in [9.17, 15) is 5.26 Å². The lowest BCUT2D eigenvalue weighted by atomic mass is 9.89. The van der Waals surface area contributed by atoms with E-state index in [-0.39, 0.29) is 0 Å². The zero-order chi connectivity index (χ0) is 13.9. The van der Waals surface area contributed by atoms with Gasteiger partial charge in [0.2, 0.25) is 0 Å². The Balaban J connectivity index is 3.44. The molecule has 0 spiro atoms. The van der Waals surface area contributed by atoms with Crippen LogP contribution in [0.25, 0.3) is 0 Å². The van der Waals surface area contributed by atoms with Gasteiger partial charge in [-0.3, -0.25) is 0 Å². The molecule has 1 aromatic rings. The molecule has 1 aromatic carbocycles. The third kappa shape index (κ3) is 3.50. The second kappa shape index (κ2) is 6.60. The molecule has 102 valence electrons. The van der Waals surface area contributed by atoms with Gasteiger partial charge in [0.25, 0.3) is 0 Å². The molecule has 0 N–H and O–H groups in total. The van der Waals surface area contributed by atoms with E-state index in [1.54, 1.807) is 0 Å². The summed E-state index contributed by atoms with van der Waals surface area (Å²) >= 11 is 0.950. The van der Waals surface area contributed by atoms with Crippen LogP contribution >= 0.6 is 12.0 Å². The predicted molar refractivity (Wildman–Crippen MR) is 75.7 cm³/mol. The van der Waals surface area contributed by atoms with E-state index in [0.29, 0.717) is 17.8 Å². The van der Waals surface area contributed by atoms with Crippen molar-refractivity contribution < 1.29 is 9.59 Å². The first-order chi connectivity index (χ1) is 8.38. The maximum Gasteiger partial charge on any atom is 0.0415 e. The van der Waals surface area contributed by atoms with Gasteiger partial charge in [-0.25, -0.2) is 0 Å². The molecule has 0 aliphatic carbocycles. The van der Waals surface area contributed by atoms with Crippen molar-refractivity contribution in [1.82, 2.24) is 0 Å². The van der Waals surface area contributed by atoms with Crippen LogP contribution in [0.5, 0.6) is 0 Å². The van der Waals surface area contributed by atoms with Crippen molar-refractivity contribution in [3.63, 3.8) is 0 Å².